The van der Waals surface area contributed by atoms with E-state index in [1.807, 2.05) is 36.5 Å². The molecule has 0 N–H and O–H groups in total. The predicted octanol–water partition coefficient (Wildman–Crippen LogP) is 3.23. The zero-order chi connectivity index (χ0) is 14.7. The van der Waals surface area contributed by atoms with E-state index in [9.17, 15) is 4.21 Å². The van der Waals surface area contributed by atoms with E-state index < -0.39 is 10.8 Å². The zero-order valence-corrected chi connectivity index (χ0v) is 12.6. The van der Waals surface area contributed by atoms with Crippen LogP contribution in [0.1, 0.15) is 5.56 Å². The maximum Gasteiger partial charge on any atom is 0.127 e. The van der Waals surface area contributed by atoms with Gasteiger partial charge in [0, 0.05) is 18.6 Å². The van der Waals surface area contributed by atoms with Crippen LogP contribution in [0.5, 0.6) is 0 Å². The fraction of sp³-hybridized carbons (Fsp3) is 0.0667. The number of rotatable bonds is 4. The lowest BCUT2D eigenvalue weighted by Crippen LogP contribution is -2.00. The van der Waals surface area contributed by atoms with Crippen molar-refractivity contribution in [3.63, 3.8) is 0 Å². The summed E-state index contributed by atoms with van der Waals surface area (Å²) < 4.78 is 14.0. The van der Waals surface area contributed by atoms with E-state index in [1.54, 1.807) is 23.0 Å². The van der Waals surface area contributed by atoms with Crippen molar-refractivity contribution in [3.05, 3.63) is 71.6 Å². The van der Waals surface area contributed by atoms with E-state index in [0.29, 0.717) is 15.8 Å². The van der Waals surface area contributed by atoms with Crippen LogP contribution in [0.4, 0.5) is 0 Å². The van der Waals surface area contributed by atoms with Crippen molar-refractivity contribution in [2.45, 2.75) is 10.8 Å². The predicted molar refractivity (Wildman–Crippen MR) is 82.9 cm³/mol. The maximum atomic E-state index is 12.2. The van der Waals surface area contributed by atoms with Gasteiger partial charge >= 0.3 is 0 Å². The number of halogens is 1. The molecule has 0 bridgehead atoms. The minimum absolute atomic E-state index is 0.425. The van der Waals surface area contributed by atoms with Crippen molar-refractivity contribution in [2.75, 3.05) is 0 Å². The second-order valence-corrected chi connectivity index (χ2v) is 6.26. The zero-order valence-electron chi connectivity index (χ0n) is 11.0. The second kappa shape index (κ2) is 6.20. The summed E-state index contributed by atoms with van der Waals surface area (Å²) in [5.41, 5.74) is 1.96. The summed E-state index contributed by atoms with van der Waals surface area (Å²) >= 11 is 5.77. The molecule has 2 aromatic heterocycles. The molecule has 0 amide bonds. The first-order valence-corrected chi connectivity index (χ1v) is 8.01. The van der Waals surface area contributed by atoms with Gasteiger partial charge in [0.15, 0.2) is 0 Å². The Hall–Kier alpha value is -1.98. The third-order valence-electron chi connectivity index (χ3n) is 2.94. The summed E-state index contributed by atoms with van der Waals surface area (Å²) in [6.45, 7) is 0. The molecule has 0 spiro atoms. The molecule has 3 rings (SSSR count). The van der Waals surface area contributed by atoms with Crippen LogP contribution in [0.25, 0.3) is 5.69 Å². The van der Waals surface area contributed by atoms with Crippen molar-refractivity contribution < 1.29 is 4.21 Å². The van der Waals surface area contributed by atoms with Crippen molar-refractivity contribution in [3.8, 4) is 5.69 Å². The Morgan fingerprint density at radius 2 is 1.95 bits per heavy atom. The molecule has 1 atom stereocenters. The minimum atomic E-state index is -1.18. The van der Waals surface area contributed by atoms with Crippen molar-refractivity contribution in [1.29, 1.82) is 0 Å². The highest BCUT2D eigenvalue weighted by Crippen LogP contribution is 2.15. The molecule has 0 radical (unpaired) electrons. The number of nitrogens with zero attached hydrogens (tertiary/aromatic N) is 3. The van der Waals surface area contributed by atoms with Gasteiger partial charge in [-0.3, -0.25) is 4.21 Å². The molecule has 0 saturated heterocycles. The first-order chi connectivity index (χ1) is 10.2. The lowest BCUT2D eigenvalue weighted by atomic mass is 10.2. The molecular formula is C15H12ClN3OS. The molecule has 0 unspecified atom stereocenters. The van der Waals surface area contributed by atoms with Gasteiger partial charge in [0.1, 0.15) is 5.03 Å². The van der Waals surface area contributed by atoms with Gasteiger partial charge < -0.3 is 0 Å². The van der Waals surface area contributed by atoms with Gasteiger partial charge in [-0.05, 0) is 35.9 Å². The van der Waals surface area contributed by atoms with Crippen LogP contribution in [0.15, 0.2) is 66.1 Å². The third kappa shape index (κ3) is 3.37. The molecular weight excluding hydrogens is 306 g/mol. The molecule has 6 heteroatoms. The van der Waals surface area contributed by atoms with E-state index in [4.69, 9.17) is 11.6 Å². The van der Waals surface area contributed by atoms with Gasteiger partial charge in [0.05, 0.1) is 27.3 Å². The number of benzene rings is 1. The topological polar surface area (TPSA) is 47.8 Å². The molecule has 0 aliphatic carbocycles. The number of pyridine rings is 1. The highest BCUT2D eigenvalue weighted by atomic mass is 35.5. The minimum Gasteiger partial charge on any atom is -0.252 e. The summed E-state index contributed by atoms with van der Waals surface area (Å²) in [5, 5.41) is 5.25. The quantitative estimate of drug-likeness (QED) is 0.742. The Kier molecular flexibility index (Phi) is 4.13. The van der Waals surface area contributed by atoms with Gasteiger partial charge in [-0.25, -0.2) is 9.67 Å². The molecule has 0 aliphatic rings. The van der Waals surface area contributed by atoms with Gasteiger partial charge in [-0.1, -0.05) is 23.7 Å². The number of hydrogen-bond donors (Lipinski definition) is 0. The molecule has 4 nitrogen and oxygen atoms in total. The highest BCUT2D eigenvalue weighted by Gasteiger charge is 2.07. The molecule has 21 heavy (non-hydrogen) atoms. The van der Waals surface area contributed by atoms with E-state index in [2.05, 4.69) is 10.1 Å². The smallest absolute Gasteiger partial charge is 0.127 e. The maximum absolute atomic E-state index is 12.2. The average molecular weight is 318 g/mol. The molecule has 0 saturated carbocycles. The molecule has 0 aliphatic heterocycles. The number of hydrogen-bond acceptors (Lipinski definition) is 3. The standard InChI is InChI=1S/C15H12ClN3OS/c16-13-4-7-15(17-10-13)21(20)11-12-2-5-14(6-3-12)19-9-1-8-18-19/h1-10H,11H2/t21-/m1/s1. The van der Waals surface area contributed by atoms with E-state index in [-0.39, 0.29) is 0 Å². The van der Waals surface area contributed by atoms with Gasteiger partial charge in [-0.15, -0.1) is 0 Å². The van der Waals surface area contributed by atoms with E-state index in [0.717, 1.165) is 11.3 Å². The van der Waals surface area contributed by atoms with Crippen LogP contribution in [-0.4, -0.2) is 19.0 Å². The summed E-state index contributed by atoms with van der Waals surface area (Å²) in [4.78, 5) is 4.09. The summed E-state index contributed by atoms with van der Waals surface area (Å²) in [6, 6.07) is 13.1. The van der Waals surface area contributed by atoms with E-state index in [1.165, 1.54) is 6.20 Å². The second-order valence-electron chi connectivity index (χ2n) is 4.42. The van der Waals surface area contributed by atoms with Gasteiger partial charge in [-0.2, -0.15) is 5.10 Å². The van der Waals surface area contributed by atoms with Crippen LogP contribution in [0.3, 0.4) is 0 Å². The number of aromatic nitrogens is 3. The Balaban J connectivity index is 1.73. The first-order valence-electron chi connectivity index (χ1n) is 6.31. The highest BCUT2D eigenvalue weighted by molar-refractivity contribution is 7.84. The van der Waals surface area contributed by atoms with Crippen LogP contribution < -0.4 is 0 Å². The molecule has 1 aromatic carbocycles. The summed E-state index contributed by atoms with van der Waals surface area (Å²) in [5.74, 6) is 0.425. The van der Waals surface area contributed by atoms with Crippen molar-refractivity contribution in [1.82, 2.24) is 14.8 Å². The lowest BCUT2D eigenvalue weighted by Gasteiger charge is -2.05. The Bertz CT molecular complexity index is 740. The SMILES string of the molecule is O=[S@](Cc1ccc(-n2cccn2)cc1)c1ccc(Cl)cn1. The normalized spacial score (nSPS) is 12.2. The first kappa shape index (κ1) is 14.0. The molecule has 3 aromatic rings. The van der Waals surface area contributed by atoms with Crippen LogP contribution in [0.2, 0.25) is 5.02 Å². The monoisotopic (exact) mass is 317 g/mol. The third-order valence-corrected chi connectivity index (χ3v) is 4.46. The summed E-state index contributed by atoms with van der Waals surface area (Å²) in [6.07, 6.45) is 5.12. The van der Waals surface area contributed by atoms with Crippen LogP contribution in [0, 0.1) is 0 Å². The van der Waals surface area contributed by atoms with Crippen molar-refractivity contribution in [2.24, 2.45) is 0 Å². The molecule has 2 heterocycles. The van der Waals surface area contributed by atoms with Crippen LogP contribution >= 0.6 is 11.6 Å². The fourth-order valence-electron chi connectivity index (χ4n) is 1.89. The Morgan fingerprint density at radius 3 is 2.57 bits per heavy atom. The average Bonchev–Trinajstić information content (AvgIpc) is 3.03. The van der Waals surface area contributed by atoms with Gasteiger partial charge in [0.25, 0.3) is 0 Å². The molecule has 106 valence electrons. The van der Waals surface area contributed by atoms with Crippen molar-refractivity contribution >= 4 is 22.4 Å². The Labute approximate surface area is 129 Å². The summed E-state index contributed by atoms with van der Waals surface area (Å²) in [7, 11) is -1.18. The largest absolute Gasteiger partial charge is 0.252 e. The van der Waals surface area contributed by atoms with Crippen LogP contribution in [-0.2, 0) is 16.6 Å². The van der Waals surface area contributed by atoms with E-state index >= 15 is 0 Å². The van der Waals surface area contributed by atoms with Gasteiger partial charge in [0.2, 0.25) is 0 Å². The Morgan fingerprint density at radius 1 is 1.14 bits per heavy atom. The molecule has 0 fully saturated rings. The fourth-order valence-corrected chi connectivity index (χ4v) is 3.03. The lowest BCUT2D eigenvalue weighted by molar-refractivity contribution is 0.680.